The smallest absolute Gasteiger partial charge is 0.254 e. The first kappa shape index (κ1) is 25.9. The molecule has 1 aliphatic heterocycles. The van der Waals surface area contributed by atoms with Crippen molar-refractivity contribution in [2.75, 3.05) is 6.54 Å². The zero-order valence-corrected chi connectivity index (χ0v) is 23.2. The highest BCUT2D eigenvalue weighted by Gasteiger charge is 2.34. The van der Waals surface area contributed by atoms with E-state index in [-0.39, 0.29) is 11.9 Å². The molecule has 2 fully saturated rings. The highest BCUT2D eigenvalue weighted by Crippen LogP contribution is 2.37. The fourth-order valence-corrected chi connectivity index (χ4v) is 6.91. The van der Waals surface area contributed by atoms with Gasteiger partial charge in [-0.15, -0.1) is 21.5 Å². The van der Waals surface area contributed by atoms with E-state index >= 15 is 0 Å². The topological polar surface area (TPSA) is 124 Å². The second kappa shape index (κ2) is 10.7. The quantitative estimate of drug-likeness (QED) is 0.287. The molecule has 0 spiro atoms. The zero-order chi connectivity index (χ0) is 27.0. The summed E-state index contributed by atoms with van der Waals surface area (Å²) < 4.78 is 11.7. The van der Waals surface area contributed by atoms with Gasteiger partial charge in [-0.2, -0.15) is 0 Å². The van der Waals surface area contributed by atoms with E-state index < -0.39 is 5.54 Å². The molecule has 1 saturated carbocycles. The van der Waals surface area contributed by atoms with Gasteiger partial charge in [-0.3, -0.25) is 4.79 Å². The average Bonchev–Trinajstić information content (AvgIpc) is 3.74. The minimum atomic E-state index is -0.722. The monoisotopic (exact) mass is 546 g/mol. The standard InChI is InChI=1S/C29H34N6O3S/c1-18-17-39-26(32-18)23-9-6-11-35(23)27(36)22-14-20(24-31-10-12-37-24)13-21(15-22)25-33-34-28(38-25)29(2,30)16-19-7-4-3-5-8-19/h10,12-15,17,19,23H,3-9,11,16,30H2,1-2H3/t23-,29+/m1/s1. The lowest BCUT2D eigenvalue weighted by Crippen LogP contribution is -2.36. The molecule has 2 aliphatic rings. The molecular formula is C29H34N6O3S. The Morgan fingerprint density at radius 1 is 1.10 bits per heavy atom. The maximum atomic E-state index is 13.9. The SMILES string of the molecule is Cc1csc([C@H]2CCCN2C(=O)c2cc(-c3ncco3)cc(-c3nnc([C@@](C)(N)CC4CCCCC4)o3)c2)n1. The van der Waals surface area contributed by atoms with Crippen LogP contribution in [0.25, 0.3) is 22.9 Å². The van der Waals surface area contributed by atoms with Crippen LogP contribution < -0.4 is 5.73 Å². The van der Waals surface area contributed by atoms with Crippen LogP contribution in [0.3, 0.4) is 0 Å². The number of amides is 1. The van der Waals surface area contributed by atoms with Crippen molar-refractivity contribution >= 4 is 17.2 Å². The van der Waals surface area contributed by atoms with Crippen molar-refractivity contribution in [3.8, 4) is 22.9 Å². The summed E-state index contributed by atoms with van der Waals surface area (Å²) in [4.78, 5) is 24.8. The number of aromatic nitrogens is 4. The Balaban J connectivity index is 1.32. The van der Waals surface area contributed by atoms with E-state index in [9.17, 15) is 4.79 Å². The van der Waals surface area contributed by atoms with Crippen LogP contribution in [0.4, 0.5) is 0 Å². The summed E-state index contributed by atoms with van der Waals surface area (Å²) in [5, 5.41) is 11.7. The van der Waals surface area contributed by atoms with Crippen LogP contribution in [0, 0.1) is 12.8 Å². The second-order valence-corrected chi connectivity index (χ2v) is 12.0. The Morgan fingerprint density at radius 3 is 2.62 bits per heavy atom. The van der Waals surface area contributed by atoms with Gasteiger partial charge in [0.1, 0.15) is 11.3 Å². The Hall–Kier alpha value is -3.37. The number of carbonyl (C=O) groups is 1. The van der Waals surface area contributed by atoms with Gasteiger partial charge in [-0.05, 0) is 57.2 Å². The van der Waals surface area contributed by atoms with Crippen LogP contribution in [0.5, 0.6) is 0 Å². The molecule has 4 heterocycles. The molecule has 6 rings (SSSR count). The fourth-order valence-electron chi connectivity index (χ4n) is 5.97. The first-order chi connectivity index (χ1) is 18.9. The van der Waals surface area contributed by atoms with E-state index in [2.05, 4.69) is 20.2 Å². The van der Waals surface area contributed by atoms with Gasteiger partial charge >= 0.3 is 0 Å². The Morgan fingerprint density at radius 2 is 1.90 bits per heavy atom. The van der Waals surface area contributed by atoms with E-state index in [0.29, 0.717) is 46.8 Å². The van der Waals surface area contributed by atoms with Gasteiger partial charge in [-0.25, -0.2) is 9.97 Å². The third kappa shape index (κ3) is 5.40. The number of hydrogen-bond acceptors (Lipinski definition) is 9. The second-order valence-electron chi connectivity index (χ2n) is 11.2. The molecule has 4 aromatic rings. The van der Waals surface area contributed by atoms with E-state index in [4.69, 9.17) is 14.6 Å². The molecule has 1 aliphatic carbocycles. The van der Waals surface area contributed by atoms with E-state index in [0.717, 1.165) is 30.0 Å². The first-order valence-electron chi connectivity index (χ1n) is 13.8. The number of oxazole rings is 1. The molecule has 1 aromatic carbocycles. The Bertz CT molecular complexity index is 1440. The summed E-state index contributed by atoms with van der Waals surface area (Å²) in [5.41, 5.74) is 8.77. The van der Waals surface area contributed by atoms with Gasteiger partial charge < -0.3 is 19.5 Å². The predicted molar refractivity (Wildman–Crippen MR) is 148 cm³/mol. The lowest BCUT2D eigenvalue weighted by molar-refractivity contribution is 0.0735. The number of hydrogen-bond donors (Lipinski definition) is 1. The van der Waals surface area contributed by atoms with Gasteiger partial charge in [0, 0.05) is 34.3 Å². The maximum absolute atomic E-state index is 13.9. The lowest BCUT2D eigenvalue weighted by Gasteiger charge is -2.29. The Labute approximate surface area is 231 Å². The molecule has 0 radical (unpaired) electrons. The van der Waals surface area contributed by atoms with Crippen LogP contribution in [-0.4, -0.2) is 37.5 Å². The lowest BCUT2D eigenvalue weighted by atomic mass is 9.80. The van der Waals surface area contributed by atoms with Gasteiger partial charge in [0.15, 0.2) is 0 Å². The van der Waals surface area contributed by atoms with E-state index in [1.54, 1.807) is 17.5 Å². The summed E-state index contributed by atoms with van der Waals surface area (Å²) in [5.74, 6) is 1.65. The van der Waals surface area contributed by atoms with Gasteiger partial charge in [0.25, 0.3) is 5.91 Å². The predicted octanol–water partition coefficient (Wildman–Crippen LogP) is 6.28. The molecular weight excluding hydrogens is 512 g/mol. The van der Waals surface area contributed by atoms with Crippen molar-refractivity contribution in [1.29, 1.82) is 0 Å². The van der Waals surface area contributed by atoms with Crippen molar-refractivity contribution in [3.05, 3.63) is 58.2 Å². The molecule has 204 valence electrons. The van der Waals surface area contributed by atoms with Crippen molar-refractivity contribution in [2.24, 2.45) is 11.7 Å². The van der Waals surface area contributed by atoms with Crippen LogP contribution in [-0.2, 0) is 5.54 Å². The van der Waals surface area contributed by atoms with Crippen molar-refractivity contribution < 1.29 is 13.6 Å². The number of rotatable bonds is 7. The number of nitrogens with zero attached hydrogens (tertiary/aromatic N) is 5. The number of likely N-dealkylation sites (tertiary alicyclic amines) is 1. The van der Waals surface area contributed by atoms with Crippen LogP contribution in [0.15, 0.2) is 44.9 Å². The van der Waals surface area contributed by atoms with Crippen molar-refractivity contribution in [1.82, 2.24) is 25.1 Å². The van der Waals surface area contributed by atoms with Crippen molar-refractivity contribution in [2.45, 2.75) is 76.8 Å². The fraction of sp³-hybridized carbons (Fsp3) is 0.483. The molecule has 3 aromatic heterocycles. The number of aryl methyl sites for hydroxylation is 1. The molecule has 0 bridgehead atoms. The van der Waals surface area contributed by atoms with E-state index in [1.807, 2.05) is 42.3 Å². The zero-order valence-electron chi connectivity index (χ0n) is 22.4. The van der Waals surface area contributed by atoms with Gasteiger partial charge in [-0.1, -0.05) is 32.1 Å². The molecule has 10 heteroatoms. The molecule has 39 heavy (non-hydrogen) atoms. The number of carbonyl (C=O) groups excluding carboxylic acids is 1. The van der Waals surface area contributed by atoms with Crippen molar-refractivity contribution in [3.63, 3.8) is 0 Å². The summed E-state index contributed by atoms with van der Waals surface area (Å²) >= 11 is 1.61. The number of nitrogens with two attached hydrogens (primary N) is 1. The minimum absolute atomic E-state index is 0.0298. The number of thiazole rings is 1. The third-order valence-corrected chi connectivity index (χ3v) is 8.96. The molecule has 1 amide bonds. The molecule has 1 saturated heterocycles. The van der Waals surface area contributed by atoms with E-state index in [1.165, 1.54) is 38.4 Å². The van der Waals surface area contributed by atoms with Crippen LogP contribution >= 0.6 is 11.3 Å². The van der Waals surface area contributed by atoms with Gasteiger partial charge in [0.2, 0.25) is 17.7 Å². The molecule has 0 unspecified atom stereocenters. The molecule has 2 N–H and O–H groups in total. The molecule has 9 nitrogen and oxygen atoms in total. The molecule has 2 atom stereocenters. The van der Waals surface area contributed by atoms with Crippen LogP contribution in [0.2, 0.25) is 0 Å². The normalized spacial score (nSPS) is 19.9. The summed E-state index contributed by atoms with van der Waals surface area (Å²) in [6.45, 7) is 4.62. The minimum Gasteiger partial charge on any atom is -0.445 e. The average molecular weight is 547 g/mol. The van der Waals surface area contributed by atoms with Crippen LogP contribution in [0.1, 0.15) is 91.3 Å². The Kier molecular flexibility index (Phi) is 7.07. The summed E-state index contributed by atoms with van der Waals surface area (Å²) in [6, 6.07) is 5.45. The first-order valence-corrected chi connectivity index (χ1v) is 14.7. The number of benzene rings is 1. The largest absolute Gasteiger partial charge is 0.445 e. The summed E-state index contributed by atoms with van der Waals surface area (Å²) in [6.07, 6.45) is 11.9. The summed E-state index contributed by atoms with van der Waals surface area (Å²) in [7, 11) is 0. The maximum Gasteiger partial charge on any atom is 0.254 e. The third-order valence-electron chi connectivity index (χ3n) is 7.89. The van der Waals surface area contributed by atoms with Gasteiger partial charge in [0.05, 0.1) is 17.8 Å². The highest BCUT2D eigenvalue weighted by molar-refractivity contribution is 7.09. The highest BCUT2D eigenvalue weighted by atomic mass is 32.1.